The summed E-state index contributed by atoms with van der Waals surface area (Å²) in [6, 6.07) is 4.99. The number of carboxylic acid groups (broad SMARTS) is 1. The fourth-order valence-corrected chi connectivity index (χ4v) is 3.23. The van der Waals surface area contributed by atoms with Crippen LogP contribution in [0.25, 0.3) is 0 Å². The van der Waals surface area contributed by atoms with E-state index in [2.05, 4.69) is 0 Å². The molecule has 1 fully saturated rings. The second kappa shape index (κ2) is 7.14. The highest BCUT2D eigenvalue weighted by atomic mass is 35.5. The van der Waals surface area contributed by atoms with E-state index in [1.807, 2.05) is 0 Å². The van der Waals surface area contributed by atoms with Crippen molar-refractivity contribution in [2.45, 2.75) is 25.7 Å². The molecule has 21 heavy (non-hydrogen) atoms. The van der Waals surface area contributed by atoms with Crippen molar-refractivity contribution in [2.24, 2.45) is 5.92 Å². The molecule has 1 unspecified atom stereocenters. The first kappa shape index (κ1) is 16.1. The summed E-state index contributed by atoms with van der Waals surface area (Å²) in [5.74, 6) is -0.752. The summed E-state index contributed by atoms with van der Waals surface area (Å²) in [5, 5.41) is 9.45. The smallest absolute Gasteiger partial charge is 0.303 e. The predicted octanol–water partition coefficient (Wildman–Crippen LogP) is 3.71. The number of likely N-dealkylation sites (tertiary alicyclic amines) is 1. The SMILES string of the molecule is O=C(O)CCC1CCCN(C(=O)c2c(Cl)cccc2Cl)C1. The topological polar surface area (TPSA) is 57.6 Å². The maximum atomic E-state index is 12.6. The summed E-state index contributed by atoms with van der Waals surface area (Å²) < 4.78 is 0. The molecule has 0 spiro atoms. The Morgan fingerprint density at radius 1 is 1.29 bits per heavy atom. The van der Waals surface area contributed by atoms with Crippen LogP contribution in [0.5, 0.6) is 0 Å². The summed E-state index contributed by atoms with van der Waals surface area (Å²) in [5.41, 5.74) is 0.333. The van der Waals surface area contributed by atoms with Crippen LogP contribution >= 0.6 is 23.2 Å². The standard InChI is InChI=1S/C15H17Cl2NO3/c16-11-4-1-5-12(17)14(11)15(21)18-8-2-3-10(9-18)6-7-13(19)20/h1,4-5,10H,2-3,6-9H2,(H,19,20). The molecule has 114 valence electrons. The number of carbonyl (C=O) groups is 2. The predicted molar refractivity (Wildman–Crippen MR) is 82.0 cm³/mol. The van der Waals surface area contributed by atoms with Gasteiger partial charge in [-0.05, 0) is 37.3 Å². The average Bonchev–Trinajstić information content (AvgIpc) is 2.45. The Balaban J connectivity index is 2.07. The van der Waals surface area contributed by atoms with Gasteiger partial charge in [0.25, 0.3) is 5.91 Å². The Morgan fingerprint density at radius 3 is 2.57 bits per heavy atom. The van der Waals surface area contributed by atoms with Crippen LogP contribution in [-0.2, 0) is 4.79 Å². The second-order valence-corrected chi connectivity index (χ2v) is 6.10. The van der Waals surface area contributed by atoms with Gasteiger partial charge >= 0.3 is 5.97 Å². The summed E-state index contributed by atoms with van der Waals surface area (Å²) >= 11 is 12.1. The first-order valence-electron chi connectivity index (χ1n) is 6.94. The molecule has 2 rings (SSSR count). The lowest BCUT2D eigenvalue weighted by atomic mass is 9.93. The molecule has 1 aromatic carbocycles. The van der Waals surface area contributed by atoms with Gasteiger partial charge in [0, 0.05) is 19.5 Å². The molecule has 1 atom stereocenters. The van der Waals surface area contributed by atoms with Crippen molar-refractivity contribution in [3.05, 3.63) is 33.8 Å². The van der Waals surface area contributed by atoms with Crippen molar-refractivity contribution in [3.63, 3.8) is 0 Å². The highest BCUT2D eigenvalue weighted by molar-refractivity contribution is 6.39. The number of carboxylic acids is 1. The number of halogens is 2. The normalized spacial score (nSPS) is 18.6. The number of amides is 1. The van der Waals surface area contributed by atoms with Gasteiger partial charge in [-0.15, -0.1) is 0 Å². The maximum absolute atomic E-state index is 12.6. The molecule has 0 aromatic heterocycles. The molecule has 0 bridgehead atoms. The first-order valence-corrected chi connectivity index (χ1v) is 7.69. The third-order valence-corrected chi connectivity index (χ3v) is 4.38. The van der Waals surface area contributed by atoms with Crippen LogP contribution in [0.2, 0.25) is 10.0 Å². The van der Waals surface area contributed by atoms with Gasteiger partial charge < -0.3 is 10.0 Å². The van der Waals surface area contributed by atoms with Gasteiger partial charge in [0.15, 0.2) is 0 Å². The Morgan fingerprint density at radius 2 is 1.95 bits per heavy atom. The molecule has 1 saturated heterocycles. The highest BCUT2D eigenvalue weighted by Gasteiger charge is 2.27. The van der Waals surface area contributed by atoms with Crippen molar-refractivity contribution in [2.75, 3.05) is 13.1 Å². The molecule has 0 saturated carbocycles. The quantitative estimate of drug-likeness (QED) is 0.915. The number of hydrogen-bond donors (Lipinski definition) is 1. The summed E-state index contributed by atoms with van der Waals surface area (Å²) in [6.07, 6.45) is 2.56. The Hall–Kier alpha value is -1.26. The first-order chi connectivity index (χ1) is 9.99. The van der Waals surface area contributed by atoms with E-state index in [1.165, 1.54) is 0 Å². The molecule has 0 aliphatic carbocycles. The van der Waals surface area contributed by atoms with E-state index in [1.54, 1.807) is 23.1 Å². The van der Waals surface area contributed by atoms with Crippen LogP contribution < -0.4 is 0 Å². The summed E-state index contributed by atoms with van der Waals surface area (Å²) in [4.78, 5) is 24.9. The van der Waals surface area contributed by atoms with Crippen molar-refractivity contribution >= 4 is 35.1 Å². The number of aliphatic carboxylic acids is 1. The van der Waals surface area contributed by atoms with Crippen LogP contribution in [0.3, 0.4) is 0 Å². The lowest BCUT2D eigenvalue weighted by molar-refractivity contribution is -0.137. The molecular formula is C15H17Cl2NO3. The van der Waals surface area contributed by atoms with Crippen molar-refractivity contribution in [1.82, 2.24) is 4.90 Å². The molecule has 1 heterocycles. The third-order valence-electron chi connectivity index (χ3n) is 3.75. The minimum atomic E-state index is -0.799. The van der Waals surface area contributed by atoms with Crippen molar-refractivity contribution in [1.29, 1.82) is 0 Å². The van der Waals surface area contributed by atoms with E-state index in [0.29, 0.717) is 35.1 Å². The molecule has 1 aliphatic heterocycles. The minimum Gasteiger partial charge on any atom is -0.481 e. The molecule has 4 nitrogen and oxygen atoms in total. The molecule has 0 radical (unpaired) electrons. The molecule has 1 amide bonds. The average molecular weight is 330 g/mol. The zero-order valence-corrected chi connectivity index (χ0v) is 13.0. The molecular weight excluding hydrogens is 313 g/mol. The molecule has 1 aromatic rings. The van der Waals surface area contributed by atoms with E-state index in [-0.39, 0.29) is 18.2 Å². The summed E-state index contributed by atoms with van der Waals surface area (Å²) in [6.45, 7) is 1.22. The monoisotopic (exact) mass is 329 g/mol. The zero-order chi connectivity index (χ0) is 15.4. The van der Waals surface area contributed by atoms with Crippen LogP contribution in [-0.4, -0.2) is 35.0 Å². The van der Waals surface area contributed by atoms with Crippen LogP contribution in [0.1, 0.15) is 36.0 Å². The Kier molecular flexibility index (Phi) is 5.48. The number of rotatable bonds is 4. The van der Waals surface area contributed by atoms with Crippen LogP contribution in [0.4, 0.5) is 0 Å². The second-order valence-electron chi connectivity index (χ2n) is 5.29. The molecule has 1 N–H and O–H groups in total. The Labute approximate surface area is 133 Å². The van der Waals surface area contributed by atoms with Gasteiger partial charge in [0.2, 0.25) is 0 Å². The van der Waals surface area contributed by atoms with E-state index in [0.717, 1.165) is 12.8 Å². The lowest BCUT2D eigenvalue weighted by Crippen LogP contribution is -2.40. The largest absolute Gasteiger partial charge is 0.481 e. The minimum absolute atomic E-state index is 0.138. The van der Waals surface area contributed by atoms with Gasteiger partial charge in [-0.1, -0.05) is 29.3 Å². The number of nitrogens with zero attached hydrogens (tertiary/aromatic N) is 1. The van der Waals surface area contributed by atoms with Crippen molar-refractivity contribution < 1.29 is 14.7 Å². The lowest BCUT2D eigenvalue weighted by Gasteiger charge is -2.33. The van der Waals surface area contributed by atoms with Crippen molar-refractivity contribution in [3.8, 4) is 0 Å². The van der Waals surface area contributed by atoms with Gasteiger partial charge in [-0.25, -0.2) is 0 Å². The number of benzene rings is 1. The number of piperidine rings is 1. The van der Waals surface area contributed by atoms with Gasteiger partial charge in [-0.2, -0.15) is 0 Å². The van der Waals surface area contributed by atoms with Gasteiger partial charge in [-0.3, -0.25) is 9.59 Å². The Bertz CT molecular complexity index is 527. The van der Waals surface area contributed by atoms with E-state index in [9.17, 15) is 9.59 Å². The van der Waals surface area contributed by atoms with E-state index >= 15 is 0 Å². The van der Waals surface area contributed by atoms with E-state index < -0.39 is 5.97 Å². The maximum Gasteiger partial charge on any atom is 0.303 e. The van der Waals surface area contributed by atoms with E-state index in [4.69, 9.17) is 28.3 Å². The zero-order valence-electron chi connectivity index (χ0n) is 11.5. The fourth-order valence-electron chi connectivity index (χ4n) is 2.67. The number of carbonyl (C=O) groups excluding carboxylic acids is 1. The number of hydrogen-bond acceptors (Lipinski definition) is 2. The summed E-state index contributed by atoms with van der Waals surface area (Å²) in [7, 11) is 0. The molecule has 6 heteroatoms. The molecule has 1 aliphatic rings. The third kappa shape index (κ3) is 4.11. The van der Waals surface area contributed by atoms with Gasteiger partial charge in [0.1, 0.15) is 0 Å². The fraction of sp³-hybridized carbons (Fsp3) is 0.467. The van der Waals surface area contributed by atoms with Crippen LogP contribution in [0.15, 0.2) is 18.2 Å². The highest BCUT2D eigenvalue weighted by Crippen LogP contribution is 2.28. The van der Waals surface area contributed by atoms with Gasteiger partial charge in [0.05, 0.1) is 15.6 Å². The van der Waals surface area contributed by atoms with Crippen LogP contribution in [0, 0.1) is 5.92 Å².